The van der Waals surface area contributed by atoms with E-state index < -0.39 is 11.9 Å². The minimum atomic E-state index is -4.46. The van der Waals surface area contributed by atoms with Gasteiger partial charge in [0.05, 0.1) is 5.39 Å². The number of nitrogens with zero attached hydrogens (tertiary/aromatic N) is 1. The van der Waals surface area contributed by atoms with E-state index in [1.165, 1.54) is 12.1 Å². The van der Waals surface area contributed by atoms with Crippen molar-refractivity contribution >= 4 is 11.0 Å². The van der Waals surface area contributed by atoms with Crippen molar-refractivity contribution in [3.63, 3.8) is 0 Å². The highest BCUT2D eigenvalue weighted by atomic mass is 19.4. The quantitative estimate of drug-likeness (QED) is 0.654. The first kappa shape index (κ1) is 9.05. The van der Waals surface area contributed by atoms with E-state index in [0.717, 1.165) is 5.56 Å². The van der Waals surface area contributed by atoms with Crippen LogP contribution in [0.2, 0.25) is 0 Å². The van der Waals surface area contributed by atoms with Crippen LogP contribution in [0.3, 0.4) is 0 Å². The van der Waals surface area contributed by atoms with E-state index >= 15 is 0 Å². The summed E-state index contributed by atoms with van der Waals surface area (Å²) >= 11 is 0. The molecule has 0 aliphatic heterocycles. The number of hydrogen-bond donors (Lipinski definition) is 0. The van der Waals surface area contributed by atoms with Gasteiger partial charge < -0.3 is 4.52 Å². The van der Waals surface area contributed by atoms with E-state index in [1.54, 1.807) is 13.0 Å². The number of fused-ring (bicyclic) bond motifs is 1. The second-order valence-corrected chi connectivity index (χ2v) is 3.03. The van der Waals surface area contributed by atoms with Crippen LogP contribution in [0.4, 0.5) is 13.2 Å². The molecule has 1 heterocycles. The van der Waals surface area contributed by atoms with Gasteiger partial charge in [-0.15, -0.1) is 0 Å². The Bertz CT molecular complexity index is 472. The topological polar surface area (TPSA) is 26.0 Å². The minimum Gasteiger partial charge on any atom is -0.356 e. The van der Waals surface area contributed by atoms with Crippen LogP contribution in [0.5, 0.6) is 0 Å². The number of benzene rings is 1. The number of aromatic nitrogens is 1. The second kappa shape index (κ2) is 2.73. The first-order valence-electron chi connectivity index (χ1n) is 3.92. The highest BCUT2D eigenvalue weighted by molar-refractivity contribution is 5.80. The molecule has 2 aromatic rings. The minimum absolute atomic E-state index is 0.0116. The summed E-state index contributed by atoms with van der Waals surface area (Å²) < 4.78 is 41.6. The number of hydrogen-bond acceptors (Lipinski definition) is 2. The zero-order chi connectivity index (χ0) is 10.3. The van der Waals surface area contributed by atoms with Gasteiger partial charge in [0.25, 0.3) is 0 Å². The third-order valence-electron chi connectivity index (χ3n) is 1.89. The van der Waals surface area contributed by atoms with Gasteiger partial charge in [-0.25, -0.2) is 0 Å². The van der Waals surface area contributed by atoms with Crippen LogP contribution in [0, 0.1) is 6.92 Å². The molecule has 74 valence electrons. The van der Waals surface area contributed by atoms with Gasteiger partial charge in [0.1, 0.15) is 0 Å². The van der Waals surface area contributed by atoms with Crippen LogP contribution >= 0.6 is 0 Å². The monoisotopic (exact) mass is 201 g/mol. The van der Waals surface area contributed by atoms with Gasteiger partial charge >= 0.3 is 6.18 Å². The Balaban J connectivity index is 2.73. The van der Waals surface area contributed by atoms with Crippen molar-refractivity contribution in [3.8, 4) is 0 Å². The SMILES string of the molecule is Cc1ccc2onc(C(F)(F)F)c2c1. The third-order valence-corrected chi connectivity index (χ3v) is 1.89. The molecule has 5 heteroatoms. The molecule has 1 aromatic heterocycles. The molecule has 0 saturated carbocycles. The molecule has 0 unspecified atom stereocenters. The lowest BCUT2D eigenvalue weighted by atomic mass is 10.1. The maximum absolute atomic E-state index is 12.4. The number of halogens is 3. The van der Waals surface area contributed by atoms with Crippen LogP contribution in [-0.2, 0) is 6.18 Å². The predicted molar refractivity (Wildman–Crippen MR) is 43.7 cm³/mol. The average Bonchev–Trinajstić information content (AvgIpc) is 2.45. The van der Waals surface area contributed by atoms with Crippen LogP contribution in [0.25, 0.3) is 11.0 Å². The number of rotatable bonds is 0. The smallest absolute Gasteiger partial charge is 0.356 e. The summed E-state index contributed by atoms with van der Waals surface area (Å²) in [5.74, 6) is 0. The van der Waals surface area contributed by atoms with Crippen LogP contribution in [0.15, 0.2) is 22.7 Å². The molecule has 0 atom stereocenters. The molecule has 0 fully saturated rings. The first-order chi connectivity index (χ1) is 6.48. The molecular formula is C9H6F3NO. The van der Waals surface area contributed by atoms with Crippen molar-refractivity contribution in [1.82, 2.24) is 5.16 Å². The van der Waals surface area contributed by atoms with Crippen molar-refractivity contribution in [2.24, 2.45) is 0 Å². The summed E-state index contributed by atoms with van der Waals surface area (Å²) in [6.07, 6.45) is -4.46. The van der Waals surface area contributed by atoms with Crippen molar-refractivity contribution < 1.29 is 17.7 Å². The van der Waals surface area contributed by atoms with Gasteiger partial charge in [0, 0.05) is 0 Å². The lowest BCUT2D eigenvalue weighted by molar-refractivity contribution is -0.141. The van der Waals surface area contributed by atoms with E-state index in [9.17, 15) is 13.2 Å². The van der Waals surface area contributed by atoms with Crippen LogP contribution in [0.1, 0.15) is 11.3 Å². The van der Waals surface area contributed by atoms with Crippen molar-refractivity contribution in [3.05, 3.63) is 29.5 Å². The summed E-state index contributed by atoms with van der Waals surface area (Å²) in [7, 11) is 0. The zero-order valence-corrected chi connectivity index (χ0v) is 7.22. The Morgan fingerprint density at radius 3 is 2.64 bits per heavy atom. The van der Waals surface area contributed by atoms with Gasteiger partial charge in [-0.3, -0.25) is 0 Å². The van der Waals surface area contributed by atoms with Gasteiger partial charge in [-0.2, -0.15) is 13.2 Å². The van der Waals surface area contributed by atoms with Crippen LogP contribution < -0.4 is 0 Å². The molecule has 0 aliphatic rings. The van der Waals surface area contributed by atoms with Gasteiger partial charge in [-0.1, -0.05) is 16.8 Å². The van der Waals surface area contributed by atoms with Crippen LogP contribution in [-0.4, -0.2) is 5.16 Å². The van der Waals surface area contributed by atoms with Gasteiger partial charge in [-0.05, 0) is 19.1 Å². The normalized spacial score (nSPS) is 12.3. The molecule has 0 amide bonds. The third kappa shape index (κ3) is 1.34. The van der Waals surface area contributed by atoms with Crippen molar-refractivity contribution in [1.29, 1.82) is 0 Å². The summed E-state index contributed by atoms with van der Waals surface area (Å²) in [6.45, 7) is 1.71. The summed E-state index contributed by atoms with van der Waals surface area (Å²) in [5, 5.41) is 3.02. The lowest BCUT2D eigenvalue weighted by Crippen LogP contribution is -2.05. The molecule has 0 spiro atoms. The Labute approximate surface area is 77.3 Å². The molecule has 0 aliphatic carbocycles. The summed E-state index contributed by atoms with van der Waals surface area (Å²) in [6, 6.07) is 4.56. The molecule has 0 radical (unpaired) electrons. The number of alkyl halides is 3. The summed E-state index contributed by atoms with van der Waals surface area (Å²) in [4.78, 5) is 0. The first-order valence-corrected chi connectivity index (χ1v) is 3.92. The lowest BCUT2D eigenvalue weighted by Gasteiger charge is -2.00. The zero-order valence-electron chi connectivity index (χ0n) is 7.22. The molecular weight excluding hydrogens is 195 g/mol. The Kier molecular flexibility index (Phi) is 1.77. The fourth-order valence-corrected chi connectivity index (χ4v) is 1.26. The largest absolute Gasteiger partial charge is 0.437 e. The standard InChI is InChI=1S/C9H6F3NO/c1-5-2-3-7-6(4-5)8(13-14-7)9(10,11)12/h2-4H,1H3. The Morgan fingerprint density at radius 1 is 1.29 bits per heavy atom. The second-order valence-electron chi connectivity index (χ2n) is 3.03. The van der Waals surface area contributed by atoms with E-state index in [4.69, 9.17) is 0 Å². The molecule has 2 rings (SSSR count). The molecule has 0 bridgehead atoms. The maximum Gasteiger partial charge on any atom is 0.437 e. The van der Waals surface area contributed by atoms with E-state index in [0.29, 0.717) is 0 Å². The molecule has 1 aromatic carbocycles. The highest BCUT2D eigenvalue weighted by Gasteiger charge is 2.36. The fourth-order valence-electron chi connectivity index (χ4n) is 1.26. The van der Waals surface area contributed by atoms with Gasteiger partial charge in [0.15, 0.2) is 11.3 Å². The Hall–Kier alpha value is -1.52. The van der Waals surface area contributed by atoms with Crippen molar-refractivity contribution in [2.75, 3.05) is 0 Å². The molecule has 0 saturated heterocycles. The van der Waals surface area contributed by atoms with E-state index in [2.05, 4.69) is 9.68 Å². The van der Waals surface area contributed by atoms with Crippen molar-refractivity contribution in [2.45, 2.75) is 13.1 Å². The Morgan fingerprint density at radius 2 is 2.00 bits per heavy atom. The predicted octanol–water partition coefficient (Wildman–Crippen LogP) is 3.16. The van der Waals surface area contributed by atoms with E-state index in [1.807, 2.05) is 0 Å². The number of aryl methyl sites for hydroxylation is 1. The summed E-state index contributed by atoms with van der Waals surface area (Å²) in [5.41, 5.74) is -0.0645. The molecule has 0 N–H and O–H groups in total. The molecule has 2 nitrogen and oxygen atoms in total. The maximum atomic E-state index is 12.4. The highest BCUT2D eigenvalue weighted by Crippen LogP contribution is 2.34. The van der Waals surface area contributed by atoms with Gasteiger partial charge in [0.2, 0.25) is 0 Å². The molecule has 14 heavy (non-hydrogen) atoms. The average molecular weight is 201 g/mol. The van der Waals surface area contributed by atoms with E-state index in [-0.39, 0.29) is 11.0 Å². The fraction of sp³-hybridized carbons (Fsp3) is 0.222.